The fraction of sp³-hybridized carbons (Fsp3) is 0.556. The second-order valence-electron chi connectivity index (χ2n) is 7.97. The van der Waals surface area contributed by atoms with Gasteiger partial charge in [-0.1, -0.05) is 0 Å². The van der Waals surface area contributed by atoms with E-state index in [1.165, 1.54) is 24.1 Å². The van der Waals surface area contributed by atoms with E-state index >= 15 is 0 Å². The summed E-state index contributed by atoms with van der Waals surface area (Å²) in [4.78, 5) is 26.5. The summed E-state index contributed by atoms with van der Waals surface area (Å²) in [5.41, 5.74) is -0.356. The maximum atomic E-state index is 13.1. The molecule has 1 fully saturated rings. The molecular weight excluding hydrogens is 386 g/mol. The first-order valence-electron chi connectivity index (χ1n) is 9.19. The number of aromatic nitrogens is 4. The largest absolute Gasteiger partial charge is 0.444 e. The Morgan fingerprint density at radius 3 is 2.76 bits per heavy atom. The maximum Gasteiger partial charge on any atom is 0.410 e. The SMILES string of the molecule is Cn1cc(NC(=O)c2cn[nH]c2C2CCN(C(=O)OC(C)(C)C)C2)c(C(F)F)n1. The molecule has 2 amide bonds. The lowest BCUT2D eigenvalue weighted by Crippen LogP contribution is -2.35. The summed E-state index contributed by atoms with van der Waals surface area (Å²) in [6.45, 7) is 6.23. The van der Waals surface area contributed by atoms with Crippen LogP contribution in [0.5, 0.6) is 0 Å². The van der Waals surface area contributed by atoms with Gasteiger partial charge in [-0.15, -0.1) is 0 Å². The molecule has 1 unspecified atom stereocenters. The second-order valence-corrected chi connectivity index (χ2v) is 7.97. The standard InChI is InChI=1S/C18H24F2N6O3/c1-18(2,3)29-17(28)26-6-5-10(8-26)13-11(7-21-23-13)16(27)22-12-9-25(4)24-14(12)15(19)20/h7,9-10,15H,5-6,8H2,1-4H3,(H,21,23)(H,22,27). The number of halogens is 2. The number of ether oxygens (including phenoxy) is 1. The number of hydrogen-bond donors (Lipinski definition) is 2. The van der Waals surface area contributed by atoms with Gasteiger partial charge in [0.2, 0.25) is 0 Å². The number of alkyl halides is 2. The van der Waals surface area contributed by atoms with E-state index in [4.69, 9.17) is 4.74 Å². The zero-order valence-corrected chi connectivity index (χ0v) is 16.7. The first-order valence-corrected chi connectivity index (χ1v) is 9.19. The average Bonchev–Trinajstić information content (AvgIpc) is 3.31. The number of amides is 2. The van der Waals surface area contributed by atoms with Gasteiger partial charge in [-0.05, 0) is 27.2 Å². The smallest absolute Gasteiger partial charge is 0.410 e. The van der Waals surface area contributed by atoms with Gasteiger partial charge in [0.1, 0.15) is 5.60 Å². The van der Waals surface area contributed by atoms with Crippen LogP contribution in [0.15, 0.2) is 12.4 Å². The zero-order valence-electron chi connectivity index (χ0n) is 16.7. The van der Waals surface area contributed by atoms with Crippen molar-refractivity contribution in [2.45, 2.75) is 45.1 Å². The van der Waals surface area contributed by atoms with E-state index in [9.17, 15) is 18.4 Å². The molecule has 0 saturated carbocycles. The van der Waals surface area contributed by atoms with E-state index in [0.717, 1.165) is 0 Å². The van der Waals surface area contributed by atoms with E-state index < -0.39 is 29.7 Å². The molecule has 3 rings (SSSR count). The molecule has 29 heavy (non-hydrogen) atoms. The van der Waals surface area contributed by atoms with Crippen LogP contribution in [-0.2, 0) is 11.8 Å². The summed E-state index contributed by atoms with van der Waals surface area (Å²) in [6, 6.07) is 0. The molecule has 0 aromatic carbocycles. The quantitative estimate of drug-likeness (QED) is 0.806. The first-order chi connectivity index (χ1) is 13.5. The number of aromatic amines is 1. The van der Waals surface area contributed by atoms with Gasteiger partial charge in [-0.2, -0.15) is 10.2 Å². The first kappa shape index (κ1) is 20.7. The van der Waals surface area contributed by atoms with E-state index in [0.29, 0.717) is 25.2 Å². The van der Waals surface area contributed by atoms with Crippen molar-refractivity contribution in [3.63, 3.8) is 0 Å². The summed E-state index contributed by atoms with van der Waals surface area (Å²) in [7, 11) is 1.49. The van der Waals surface area contributed by atoms with Crippen LogP contribution in [0.2, 0.25) is 0 Å². The summed E-state index contributed by atoms with van der Waals surface area (Å²) >= 11 is 0. The van der Waals surface area contributed by atoms with Crippen LogP contribution in [0.3, 0.4) is 0 Å². The highest BCUT2D eigenvalue weighted by Gasteiger charge is 2.33. The Balaban J connectivity index is 1.72. The molecule has 9 nitrogen and oxygen atoms in total. The molecule has 1 atom stereocenters. The number of likely N-dealkylation sites (tertiary alicyclic amines) is 1. The van der Waals surface area contributed by atoms with Gasteiger partial charge in [0.05, 0.1) is 23.1 Å². The van der Waals surface area contributed by atoms with Crippen LogP contribution in [-0.4, -0.2) is 55.6 Å². The number of anilines is 1. The minimum Gasteiger partial charge on any atom is -0.444 e. The van der Waals surface area contributed by atoms with Gasteiger partial charge in [0.15, 0.2) is 5.69 Å². The predicted octanol–water partition coefficient (Wildman–Crippen LogP) is 3.06. The molecule has 0 radical (unpaired) electrons. The van der Waals surface area contributed by atoms with Crippen molar-refractivity contribution in [1.29, 1.82) is 0 Å². The lowest BCUT2D eigenvalue weighted by molar-refractivity contribution is 0.0292. The van der Waals surface area contributed by atoms with Gasteiger partial charge in [0.25, 0.3) is 12.3 Å². The molecule has 3 heterocycles. The van der Waals surface area contributed by atoms with Gasteiger partial charge < -0.3 is 15.0 Å². The van der Waals surface area contributed by atoms with Crippen LogP contribution in [0, 0.1) is 0 Å². The van der Waals surface area contributed by atoms with Crippen molar-refractivity contribution in [1.82, 2.24) is 24.9 Å². The van der Waals surface area contributed by atoms with E-state index in [-0.39, 0.29) is 17.2 Å². The van der Waals surface area contributed by atoms with Gasteiger partial charge >= 0.3 is 6.09 Å². The van der Waals surface area contributed by atoms with Crippen molar-refractivity contribution >= 4 is 17.7 Å². The third kappa shape index (κ3) is 4.72. The van der Waals surface area contributed by atoms with Crippen LogP contribution < -0.4 is 5.32 Å². The highest BCUT2D eigenvalue weighted by molar-refractivity contribution is 6.05. The van der Waals surface area contributed by atoms with Crippen molar-refractivity contribution in [2.75, 3.05) is 18.4 Å². The molecule has 0 spiro atoms. The van der Waals surface area contributed by atoms with Gasteiger partial charge in [-0.3, -0.25) is 14.6 Å². The topological polar surface area (TPSA) is 105 Å². The Bertz CT molecular complexity index is 902. The maximum absolute atomic E-state index is 13.1. The number of hydrogen-bond acceptors (Lipinski definition) is 5. The van der Waals surface area contributed by atoms with Gasteiger partial charge in [0, 0.05) is 32.3 Å². The minimum absolute atomic E-state index is 0.0542. The predicted molar refractivity (Wildman–Crippen MR) is 99.9 cm³/mol. The van der Waals surface area contributed by atoms with E-state index in [1.54, 1.807) is 25.7 Å². The molecule has 2 aromatic rings. The van der Waals surface area contributed by atoms with Crippen LogP contribution in [0.25, 0.3) is 0 Å². The van der Waals surface area contributed by atoms with Gasteiger partial charge in [-0.25, -0.2) is 13.6 Å². The fourth-order valence-corrected chi connectivity index (χ4v) is 3.23. The summed E-state index contributed by atoms with van der Waals surface area (Å²) in [5, 5.41) is 12.9. The van der Waals surface area contributed by atoms with Crippen molar-refractivity contribution in [2.24, 2.45) is 7.05 Å². The summed E-state index contributed by atoms with van der Waals surface area (Å²) in [5.74, 6) is -0.714. The second kappa shape index (κ2) is 7.80. The molecule has 158 valence electrons. The third-order valence-electron chi connectivity index (χ3n) is 4.47. The monoisotopic (exact) mass is 410 g/mol. The molecule has 0 bridgehead atoms. The summed E-state index contributed by atoms with van der Waals surface area (Å²) in [6.07, 6.45) is 0.0599. The van der Waals surface area contributed by atoms with E-state index in [2.05, 4.69) is 20.6 Å². The zero-order chi connectivity index (χ0) is 21.3. The molecule has 1 saturated heterocycles. The lowest BCUT2D eigenvalue weighted by Gasteiger charge is -2.24. The molecule has 11 heteroatoms. The highest BCUT2D eigenvalue weighted by atomic mass is 19.3. The van der Waals surface area contributed by atoms with Crippen LogP contribution in [0.1, 0.15) is 61.3 Å². The Morgan fingerprint density at radius 1 is 1.38 bits per heavy atom. The van der Waals surface area contributed by atoms with E-state index in [1.807, 2.05) is 0 Å². The highest BCUT2D eigenvalue weighted by Crippen LogP contribution is 2.30. The molecule has 2 N–H and O–H groups in total. The lowest BCUT2D eigenvalue weighted by atomic mass is 10.0. The Hall–Kier alpha value is -2.98. The van der Waals surface area contributed by atoms with Crippen LogP contribution in [0.4, 0.5) is 19.3 Å². The normalized spacial score (nSPS) is 17.1. The van der Waals surface area contributed by atoms with Crippen molar-refractivity contribution < 1.29 is 23.1 Å². The summed E-state index contributed by atoms with van der Waals surface area (Å²) < 4.78 is 32.8. The Morgan fingerprint density at radius 2 is 2.10 bits per heavy atom. The minimum atomic E-state index is -2.81. The molecule has 0 aliphatic carbocycles. The molecule has 2 aromatic heterocycles. The fourth-order valence-electron chi connectivity index (χ4n) is 3.23. The van der Waals surface area contributed by atoms with Crippen molar-refractivity contribution in [3.05, 3.63) is 29.3 Å². The van der Waals surface area contributed by atoms with Crippen LogP contribution >= 0.6 is 0 Å². The Labute approximate surface area is 166 Å². The Kier molecular flexibility index (Phi) is 5.58. The number of H-pyrrole nitrogens is 1. The number of carbonyl (C=O) groups is 2. The molecule has 1 aliphatic heterocycles. The molecule has 1 aliphatic rings. The molecular formula is C18H24F2N6O3. The third-order valence-corrected chi connectivity index (χ3v) is 4.47. The van der Waals surface area contributed by atoms with Crippen molar-refractivity contribution in [3.8, 4) is 0 Å². The number of rotatable bonds is 4. The number of nitrogens with one attached hydrogen (secondary N) is 2. The average molecular weight is 410 g/mol. The number of nitrogens with zero attached hydrogens (tertiary/aromatic N) is 4. The number of carbonyl (C=O) groups excluding carboxylic acids is 2. The number of aryl methyl sites for hydroxylation is 1.